The van der Waals surface area contributed by atoms with Crippen LogP contribution in [0.5, 0.6) is 0 Å². The van der Waals surface area contributed by atoms with Crippen LogP contribution in [-0.2, 0) is 9.53 Å². The molecular formula is C21H36N2O5S. The highest BCUT2D eigenvalue weighted by molar-refractivity contribution is 7.99. The number of likely N-dealkylation sites (tertiary alicyclic amines) is 1. The van der Waals surface area contributed by atoms with Crippen LogP contribution < -0.4 is 5.32 Å². The van der Waals surface area contributed by atoms with Crippen LogP contribution in [0.1, 0.15) is 39.0 Å². The minimum Gasteiger partial charge on any atom is -0.388 e. The number of amides is 1. The number of nitrogens with one attached hydrogen (secondary N) is 1. The van der Waals surface area contributed by atoms with Gasteiger partial charge in [-0.05, 0) is 50.8 Å². The van der Waals surface area contributed by atoms with Gasteiger partial charge in [0.05, 0.1) is 12.1 Å². The van der Waals surface area contributed by atoms with Gasteiger partial charge in [-0.1, -0.05) is 25.5 Å². The molecule has 3 aliphatic rings. The molecule has 0 aromatic heterocycles. The summed E-state index contributed by atoms with van der Waals surface area (Å²) in [6.07, 6.45) is 6.27. The van der Waals surface area contributed by atoms with Crippen LogP contribution >= 0.6 is 11.8 Å². The molecule has 4 N–H and O–H groups in total. The van der Waals surface area contributed by atoms with Crippen molar-refractivity contribution in [2.75, 3.05) is 19.8 Å². The van der Waals surface area contributed by atoms with Gasteiger partial charge in [0.1, 0.15) is 29.9 Å². The van der Waals surface area contributed by atoms with Crippen molar-refractivity contribution < 1.29 is 24.9 Å². The molecule has 0 spiro atoms. The molecule has 2 saturated heterocycles. The van der Waals surface area contributed by atoms with Crippen molar-refractivity contribution in [3.63, 3.8) is 0 Å². The third kappa shape index (κ3) is 4.99. The fourth-order valence-corrected chi connectivity index (χ4v) is 5.72. The number of rotatable bonds is 7. The van der Waals surface area contributed by atoms with Gasteiger partial charge in [-0.3, -0.25) is 9.69 Å². The van der Waals surface area contributed by atoms with Gasteiger partial charge < -0.3 is 25.4 Å². The summed E-state index contributed by atoms with van der Waals surface area (Å²) in [6.45, 7) is 3.08. The van der Waals surface area contributed by atoms with Gasteiger partial charge in [0.15, 0.2) is 0 Å². The number of nitrogens with zero attached hydrogens (tertiary/aromatic N) is 1. The first-order chi connectivity index (χ1) is 13.9. The van der Waals surface area contributed by atoms with Crippen molar-refractivity contribution in [2.24, 2.45) is 11.8 Å². The van der Waals surface area contributed by atoms with E-state index in [4.69, 9.17) is 4.74 Å². The third-order valence-corrected chi connectivity index (χ3v) is 7.50. The topological polar surface area (TPSA) is 102 Å². The summed E-state index contributed by atoms with van der Waals surface area (Å²) in [5.74, 6) is 0.509. The van der Waals surface area contributed by atoms with Gasteiger partial charge >= 0.3 is 0 Å². The normalized spacial score (nSPS) is 41.6. The van der Waals surface area contributed by atoms with Crippen LogP contribution in [-0.4, -0.2) is 87.9 Å². The van der Waals surface area contributed by atoms with Crippen molar-refractivity contribution in [3.8, 4) is 0 Å². The number of hydrogen-bond donors (Lipinski definition) is 4. The van der Waals surface area contributed by atoms with E-state index in [1.807, 2.05) is 7.05 Å². The van der Waals surface area contributed by atoms with Gasteiger partial charge in [-0.15, -0.1) is 11.8 Å². The number of ether oxygens (including phenoxy) is 1. The lowest BCUT2D eigenvalue weighted by molar-refractivity contribution is -0.207. The van der Waals surface area contributed by atoms with E-state index < -0.39 is 35.9 Å². The molecule has 2 heterocycles. The van der Waals surface area contributed by atoms with Crippen molar-refractivity contribution in [2.45, 2.75) is 81.0 Å². The zero-order chi connectivity index (χ0) is 21.1. The van der Waals surface area contributed by atoms with Crippen molar-refractivity contribution in [3.05, 3.63) is 12.2 Å². The first kappa shape index (κ1) is 23.0. The second kappa shape index (κ2) is 10.1. The Hall–Kier alpha value is -0.640. The monoisotopic (exact) mass is 428 g/mol. The van der Waals surface area contributed by atoms with E-state index in [0.717, 1.165) is 38.6 Å². The van der Waals surface area contributed by atoms with Gasteiger partial charge in [0.2, 0.25) is 5.91 Å². The Morgan fingerprint density at radius 1 is 1.31 bits per heavy atom. The van der Waals surface area contributed by atoms with Crippen LogP contribution in [0, 0.1) is 11.8 Å². The third-order valence-electron chi connectivity index (χ3n) is 6.65. The number of aliphatic hydroxyl groups is 3. The molecule has 0 saturated carbocycles. The standard InChI is InChI=1S/C21H36N2O5S/c1-4-7-12-10-14(23(2)11-12)20(27)22-15(13-8-5-6-9-13)19-17(25)16(24)18(26)21(28-19)29-3/h5,8,12-19,21,24-26H,4,6-7,9-11H2,1-3H3,(H,22,27)/t12-,13+,14+,15-,16?,17?,18?,19?,21?/m1/s1. The van der Waals surface area contributed by atoms with E-state index >= 15 is 0 Å². The zero-order valence-corrected chi connectivity index (χ0v) is 18.4. The molecule has 1 aliphatic carbocycles. The number of carbonyl (C=O) groups excluding carboxylic acids is 1. The maximum absolute atomic E-state index is 13.2. The van der Waals surface area contributed by atoms with Gasteiger partial charge in [0, 0.05) is 6.54 Å². The minimum absolute atomic E-state index is 0.0293. The van der Waals surface area contributed by atoms with Gasteiger partial charge in [-0.2, -0.15) is 0 Å². The Kier molecular flexibility index (Phi) is 8.03. The Bertz CT molecular complexity index is 589. The van der Waals surface area contributed by atoms with E-state index in [9.17, 15) is 20.1 Å². The maximum Gasteiger partial charge on any atom is 0.237 e. The van der Waals surface area contributed by atoms with E-state index in [-0.39, 0.29) is 17.9 Å². The summed E-state index contributed by atoms with van der Waals surface area (Å²) in [5, 5.41) is 34.4. The highest BCUT2D eigenvalue weighted by atomic mass is 32.2. The average Bonchev–Trinajstić information content (AvgIpc) is 3.35. The summed E-state index contributed by atoms with van der Waals surface area (Å²) in [7, 11) is 1.99. The predicted octanol–water partition coefficient (Wildman–Crippen LogP) is 0.728. The van der Waals surface area contributed by atoms with E-state index in [1.54, 1.807) is 6.26 Å². The van der Waals surface area contributed by atoms with Crippen LogP contribution in [0.4, 0.5) is 0 Å². The Morgan fingerprint density at radius 2 is 2.07 bits per heavy atom. The van der Waals surface area contributed by atoms with Crippen LogP contribution in [0.15, 0.2) is 12.2 Å². The first-order valence-corrected chi connectivity index (χ1v) is 12.1. The van der Waals surface area contributed by atoms with Crippen molar-refractivity contribution >= 4 is 17.7 Å². The summed E-state index contributed by atoms with van der Waals surface area (Å²) in [5.41, 5.74) is -0.647. The number of thioether (sulfide) groups is 1. The molecule has 7 nitrogen and oxygen atoms in total. The average molecular weight is 429 g/mol. The van der Waals surface area contributed by atoms with Crippen molar-refractivity contribution in [1.82, 2.24) is 10.2 Å². The molecule has 9 atom stereocenters. The number of allylic oxidation sites excluding steroid dienone is 1. The number of aliphatic hydroxyl groups excluding tert-OH is 3. The molecule has 0 aromatic carbocycles. The predicted molar refractivity (Wildman–Crippen MR) is 113 cm³/mol. The smallest absolute Gasteiger partial charge is 0.237 e. The second-order valence-electron chi connectivity index (χ2n) is 8.73. The quantitative estimate of drug-likeness (QED) is 0.443. The number of hydrogen-bond acceptors (Lipinski definition) is 7. The molecule has 166 valence electrons. The molecule has 0 aromatic rings. The molecule has 8 heteroatoms. The molecule has 5 unspecified atom stereocenters. The molecule has 1 amide bonds. The Balaban J connectivity index is 1.75. The second-order valence-corrected chi connectivity index (χ2v) is 9.66. The minimum atomic E-state index is -1.31. The molecule has 2 fully saturated rings. The highest BCUT2D eigenvalue weighted by Crippen LogP contribution is 2.34. The molecule has 2 aliphatic heterocycles. The number of carbonyl (C=O) groups is 1. The lowest BCUT2D eigenvalue weighted by Gasteiger charge is -2.44. The van der Waals surface area contributed by atoms with E-state index in [1.165, 1.54) is 11.8 Å². The van der Waals surface area contributed by atoms with Crippen LogP contribution in [0.3, 0.4) is 0 Å². The Labute approximate surface area is 177 Å². The summed E-state index contributed by atoms with van der Waals surface area (Å²) >= 11 is 1.29. The van der Waals surface area contributed by atoms with E-state index in [2.05, 4.69) is 29.3 Å². The fraction of sp³-hybridized carbons (Fsp3) is 0.857. The summed E-state index contributed by atoms with van der Waals surface area (Å²) in [6, 6.07) is -0.640. The largest absolute Gasteiger partial charge is 0.388 e. The first-order valence-electron chi connectivity index (χ1n) is 10.8. The maximum atomic E-state index is 13.2. The number of likely N-dealkylation sites (N-methyl/N-ethyl adjacent to an activating group) is 1. The summed E-state index contributed by atoms with van der Waals surface area (Å²) in [4.78, 5) is 15.3. The zero-order valence-electron chi connectivity index (χ0n) is 17.6. The molecule has 0 bridgehead atoms. The molecular weight excluding hydrogens is 392 g/mol. The SMILES string of the molecule is CCC[C@@H]1C[C@@H](C(=O)N[C@@H](C2OC(SC)C(O)C(O)C2O)[C@H]2C=CCC2)N(C)C1. The van der Waals surface area contributed by atoms with Gasteiger partial charge in [0.25, 0.3) is 0 Å². The molecule has 29 heavy (non-hydrogen) atoms. The lowest BCUT2D eigenvalue weighted by atomic mass is 9.86. The fourth-order valence-electron chi connectivity index (χ4n) is 5.04. The molecule has 3 rings (SSSR count). The highest BCUT2D eigenvalue weighted by Gasteiger charge is 2.49. The van der Waals surface area contributed by atoms with Crippen LogP contribution in [0.2, 0.25) is 0 Å². The summed E-state index contributed by atoms with van der Waals surface area (Å²) < 4.78 is 6.00. The van der Waals surface area contributed by atoms with E-state index in [0.29, 0.717) is 5.92 Å². The molecule has 0 radical (unpaired) electrons. The Morgan fingerprint density at radius 3 is 2.69 bits per heavy atom. The van der Waals surface area contributed by atoms with Crippen LogP contribution in [0.25, 0.3) is 0 Å². The van der Waals surface area contributed by atoms with Crippen molar-refractivity contribution in [1.29, 1.82) is 0 Å². The van der Waals surface area contributed by atoms with Gasteiger partial charge in [-0.25, -0.2) is 0 Å². The lowest BCUT2D eigenvalue weighted by Crippen LogP contribution is -2.64.